The molecule has 3 aromatic carbocycles. The molecule has 0 spiro atoms. The molecule has 7 rings (SSSR count). The largest absolute Gasteiger partial charge is 0.391 e. The minimum atomic E-state index is -0.937. The molecule has 0 unspecified atom stereocenters. The summed E-state index contributed by atoms with van der Waals surface area (Å²) in [4.78, 5) is 23.8. The normalized spacial score (nSPS) is 21.7. The van der Waals surface area contributed by atoms with Crippen molar-refractivity contribution >= 4 is 86.4 Å². The number of benzene rings is 3. The number of aromatic amines is 3. The average molecular weight is 711 g/mol. The van der Waals surface area contributed by atoms with Gasteiger partial charge in [0.1, 0.15) is 0 Å². The number of piperidine rings is 1. The number of aliphatic hydroxyl groups excluding tert-OH is 1. The number of amides is 1. The molecule has 1 fully saturated rings. The van der Waals surface area contributed by atoms with Gasteiger partial charge in [0.2, 0.25) is 5.91 Å². The van der Waals surface area contributed by atoms with Crippen LogP contribution in [0.4, 0.5) is 0 Å². The summed E-state index contributed by atoms with van der Waals surface area (Å²) in [5.41, 5.74) is 5.81. The summed E-state index contributed by atoms with van der Waals surface area (Å²) in [6.45, 7) is 0. The Balaban J connectivity index is 1.34. The Morgan fingerprint density at radius 2 is 1.21 bits per heavy atom. The van der Waals surface area contributed by atoms with Gasteiger partial charge in [-0.1, -0.05) is 66.0 Å². The van der Waals surface area contributed by atoms with Crippen molar-refractivity contribution in [2.45, 2.75) is 30.4 Å². The smallest absolute Gasteiger partial charge is 0.230 e. The number of nitrogens with one attached hydrogen (secondary N) is 4. The van der Waals surface area contributed by atoms with Crippen LogP contribution in [-0.2, 0) is 11.2 Å². The van der Waals surface area contributed by atoms with Gasteiger partial charge in [-0.3, -0.25) is 4.79 Å². The lowest BCUT2D eigenvalue weighted by molar-refractivity contribution is -0.130. The molecule has 1 saturated heterocycles. The van der Waals surface area contributed by atoms with Crippen LogP contribution in [0.1, 0.15) is 28.5 Å². The van der Waals surface area contributed by atoms with Crippen LogP contribution < -0.4 is 5.32 Å². The Kier molecular flexibility index (Phi) is 6.23. The van der Waals surface area contributed by atoms with Crippen molar-refractivity contribution in [3.63, 3.8) is 0 Å². The van der Waals surface area contributed by atoms with Gasteiger partial charge in [-0.2, -0.15) is 0 Å². The summed E-state index contributed by atoms with van der Waals surface area (Å²) >= 11 is 10.6. The Morgan fingerprint density at radius 3 is 1.85 bits per heavy atom. The van der Waals surface area contributed by atoms with Gasteiger partial charge in [0.15, 0.2) is 0 Å². The standard InChI is InChI=1S/C30H23Br3N4O2/c31-15-1-4-18-14(11-34-23(18)8-15)7-26-27(21-12-35-24-9-16(32)2-5-19(21)24)29(38)28(30(39)37-26)22-13-36-25-10-17(33)3-6-20(22)25/h1-6,8-13,26-29,34-36,38H,7H2,(H,37,39)/t26-,27-,28-,29-/m1/s1. The molecule has 1 aliphatic rings. The van der Waals surface area contributed by atoms with Gasteiger partial charge < -0.3 is 25.4 Å². The number of halogens is 3. The van der Waals surface area contributed by atoms with E-state index in [1.807, 2.05) is 61.1 Å². The quantitative estimate of drug-likeness (QED) is 0.132. The molecule has 3 aromatic heterocycles. The number of fused-ring (bicyclic) bond motifs is 3. The van der Waals surface area contributed by atoms with Crippen molar-refractivity contribution in [3.05, 3.63) is 103 Å². The molecule has 0 radical (unpaired) electrons. The highest BCUT2D eigenvalue weighted by Gasteiger charge is 2.46. The van der Waals surface area contributed by atoms with Gasteiger partial charge >= 0.3 is 0 Å². The van der Waals surface area contributed by atoms with E-state index in [4.69, 9.17) is 0 Å². The highest BCUT2D eigenvalue weighted by atomic mass is 79.9. The lowest BCUT2D eigenvalue weighted by atomic mass is 9.73. The van der Waals surface area contributed by atoms with Crippen LogP contribution in [0.25, 0.3) is 32.7 Å². The van der Waals surface area contributed by atoms with Crippen LogP contribution in [0.5, 0.6) is 0 Å². The number of rotatable bonds is 4. The molecular formula is C30H23Br3N4O2. The SMILES string of the molecule is O=C1N[C@H](Cc2c[nH]c3cc(Br)ccc23)[C@@H](c2c[nH]c3cc(Br)ccc23)[C@@H](O)[C@H]1c1c[nH]c2cc(Br)ccc12. The fourth-order valence-electron chi connectivity index (χ4n) is 6.21. The molecule has 6 nitrogen and oxygen atoms in total. The number of hydrogen-bond acceptors (Lipinski definition) is 2. The van der Waals surface area contributed by atoms with E-state index in [-0.39, 0.29) is 17.9 Å². The first-order valence-corrected chi connectivity index (χ1v) is 15.0. The van der Waals surface area contributed by atoms with E-state index in [9.17, 15) is 9.90 Å². The summed E-state index contributed by atoms with van der Waals surface area (Å²) in [7, 11) is 0. The topological polar surface area (TPSA) is 96.7 Å². The van der Waals surface area contributed by atoms with Gasteiger partial charge in [-0.25, -0.2) is 0 Å². The number of aromatic nitrogens is 3. The van der Waals surface area contributed by atoms with E-state index in [2.05, 4.69) is 80.2 Å². The van der Waals surface area contributed by atoms with E-state index in [1.54, 1.807) is 0 Å². The molecule has 9 heteroatoms. The van der Waals surface area contributed by atoms with Crippen LogP contribution in [0.2, 0.25) is 0 Å². The third-order valence-corrected chi connectivity index (χ3v) is 9.45. The Hall–Kier alpha value is -2.85. The van der Waals surface area contributed by atoms with Gasteiger partial charge in [0.25, 0.3) is 0 Å². The van der Waals surface area contributed by atoms with Crippen molar-refractivity contribution < 1.29 is 9.90 Å². The second-order valence-electron chi connectivity index (χ2n) is 10.2. The molecule has 4 heterocycles. The van der Waals surface area contributed by atoms with E-state index >= 15 is 0 Å². The van der Waals surface area contributed by atoms with Crippen LogP contribution in [0.3, 0.4) is 0 Å². The predicted octanol–water partition coefficient (Wildman–Crippen LogP) is 7.39. The Morgan fingerprint density at radius 1 is 0.692 bits per heavy atom. The van der Waals surface area contributed by atoms with E-state index < -0.39 is 12.0 Å². The molecule has 6 aromatic rings. The number of hydrogen-bond donors (Lipinski definition) is 5. The highest BCUT2D eigenvalue weighted by Crippen LogP contribution is 2.43. The fourth-order valence-corrected chi connectivity index (χ4v) is 7.29. The second kappa shape index (κ2) is 9.66. The van der Waals surface area contributed by atoms with E-state index in [1.165, 1.54) is 0 Å². The first-order chi connectivity index (χ1) is 18.9. The van der Waals surface area contributed by atoms with Gasteiger partial charge in [0.05, 0.1) is 12.0 Å². The maximum Gasteiger partial charge on any atom is 0.230 e. The molecule has 5 N–H and O–H groups in total. The highest BCUT2D eigenvalue weighted by molar-refractivity contribution is 9.11. The molecule has 1 amide bonds. The summed E-state index contributed by atoms with van der Waals surface area (Å²) in [5, 5.41) is 18.5. The van der Waals surface area contributed by atoms with Crippen LogP contribution in [0.15, 0.2) is 86.6 Å². The van der Waals surface area contributed by atoms with Gasteiger partial charge in [-0.05, 0) is 59.5 Å². The molecule has 0 aliphatic carbocycles. The third kappa shape index (κ3) is 4.27. The van der Waals surface area contributed by atoms with E-state index in [0.29, 0.717) is 6.42 Å². The summed E-state index contributed by atoms with van der Waals surface area (Å²) < 4.78 is 2.93. The molecule has 0 saturated carbocycles. The number of H-pyrrole nitrogens is 3. The lowest BCUT2D eigenvalue weighted by Crippen LogP contribution is -2.55. The zero-order chi connectivity index (χ0) is 26.8. The first kappa shape index (κ1) is 25.1. The third-order valence-electron chi connectivity index (χ3n) is 7.97. The predicted molar refractivity (Wildman–Crippen MR) is 165 cm³/mol. The molecular weight excluding hydrogens is 688 g/mol. The second-order valence-corrected chi connectivity index (χ2v) is 12.9. The Bertz CT molecular complexity index is 1890. The van der Waals surface area contributed by atoms with Crippen molar-refractivity contribution in [1.29, 1.82) is 0 Å². The summed E-state index contributed by atoms with van der Waals surface area (Å²) in [5.74, 6) is -1.23. The average Bonchev–Trinajstić information content (AvgIpc) is 3.61. The monoisotopic (exact) mass is 708 g/mol. The van der Waals surface area contributed by atoms with Crippen molar-refractivity contribution in [3.8, 4) is 0 Å². The molecule has 196 valence electrons. The van der Waals surface area contributed by atoms with Crippen molar-refractivity contribution in [1.82, 2.24) is 20.3 Å². The van der Waals surface area contributed by atoms with E-state index in [0.717, 1.165) is 62.8 Å². The minimum absolute atomic E-state index is 0.169. The Labute approximate surface area is 249 Å². The van der Waals surface area contributed by atoms with Crippen molar-refractivity contribution in [2.24, 2.45) is 0 Å². The first-order valence-electron chi connectivity index (χ1n) is 12.6. The fraction of sp³-hybridized carbons (Fsp3) is 0.167. The number of carbonyl (C=O) groups excluding carboxylic acids is 1. The minimum Gasteiger partial charge on any atom is -0.391 e. The summed E-state index contributed by atoms with van der Waals surface area (Å²) in [6.07, 6.45) is 5.47. The zero-order valence-electron chi connectivity index (χ0n) is 20.4. The van der Waals surface area contributed by atoms with Crippen LogP contribution in [-0.4, -0.2) is 38.1 Å². The lowest BCUT2D eigenvalue weighted by Gasteiger charge is -2.40. The molecule has 4 atom stereocenters. The zero-order valence-corrected chi connectivity index (χ0v) is 25.2. The van der Waals surface area contributed by atoms with Gasteiger partial charge in [0, 0.05) is 76.7 Å². The molecule has 39 heavy (non-hydrogen) atoms. The molecule has 0 bridgehead atoms. The molecule has 1 aliphatic heterocycles. The van der Waals surface area contributed by atoms with Crippen molar-refractivity contribution in [2.75, 3.05) is 0 Å². The summed E-state index contributed by atoms with van der Waals surface area (Å²) in [6, 6.07) is 17.9. The van der Waals surface area contributed by atoms with Crippen LogP contribution in [0, 0.1) is 0 Å². The maximum atomic E-state index is 13.8. The maximum absolute atomic E-state index is 13.8. The van der Waals surface area contributed by atoms with Gasteiger partial charge in [-0.15, -0.1) is 0 Å². The van der Waals surface area contributed by atoms with Crippen LogP contribution >= 0.6 is 47.8 Å². The number of aliphatic hydroxyl groups is 1. The number of carbonyl (C=O) groups is 1.